The summed E-state index contributed by atoms with van der Waals surface area (Å²) in [5.41, 5.74) is 0.118. The van der Waals surface area contributed by atoms with Crippen LogP contribution in [0, 0.1) is 17.0 Å². The smallest absolute Gasteiger partial charge is 0.353 e. The molecule has 19 heavy (non-hydrogen) atoms. The molecule has 0 aliphatic heterocycles. The molecule has 0 spiro atoms. The quantitative estimate of drug-likeness (QED) is 0.625. The van der Waals surface area contributed by atoms with Gasteiger partial charge in [0.05, 0.1) is 9.95 Å². The first-order chi connectivity index (χ1) is 8.90. The van der Waals surface area contributed by atoms with Crippen LogP contribution in [0.15, 0.2) is 22.7 Å². The summed E-state index contributed by atoms with van der Waals surface area (Å²) in [4.78, 5) is 10.5. The molecule has 0 fully saturated rings. The van der Waals surface area contributed by atoms with Gasteiger partial charge in [0.15, 0.2) is 0 Å². The highest BCUT2D eigenvalue weighted by Gasteiger charge is 2.26. The number of rotatable bonds is 3. The zero-order valence-electron chi connectivity index (χ0n) is 10.1. The van der Waals surface area contributed by atoms with Crippen LogP contribution in [0.25, 0.3) is 0 Å². The van der Waals surface area contributed by atoms with Crippen LogP contribution in [0.1, 0.15) is 5.69 Å². The average molecular weight is 347 g/mol. The van der Waals surface area contributed by atoms with E-state index < -0.39 is 4.92 Å². The van der Waals surface area contributed by atoms with E-state index in [1.54, 1.807) is 32.2 Å². The Labute approximate surface area is 122 Å². The molecule has 0 aliphatic carbocycles. The lowest BCUT2D eigenvalue weighted by Gasteiger charge is -2.07. The third kappa shape index (κ3) is 2.71. The van der Waals surface area contributed by atoms with Crippen molar-refractivity contribution >= 4 is 33.2 Å². The number of benzene rings is 1. The van der Waals surface area contributed by atoms with Crippen LogP contribution < -0.4 is 4.74 Å². The molecular formula is C11H9BrClN3O3. The first-order valence-corrected chi connectivity index (χ1v) is 6.38. The number of ether oxygens (including phenoxy) is 1. The molecule has 0 bridgehead atoms. The molecule has 6 nitrogen and oxygen atoms in total. The van der Waals surface area contributed by atoms with Gasteiger partial charge in [-0.1, -0.05) is 27.5 Å². The molecule has 100 valence electrons. The van der Waals surface area contributed by atoms with Crippen LogP contribution in [-0.2, 0) is 7.05 Å². The number of halogens is 2. The number of nitrogens with zero attached hydrogens (tertiary/aromatic N) is 3. The van der Waals surface area contributed by atoms with Crippen molar-refractivity contribution in [3.63, 3.8) is 0 Å². The van der Waals surface area contributed by atoms with Crippen molar-refractivity contribution in [1.29, 1.82) is 0 Å². The van der Waals surface area contributed by atoms with Gasteiger partial charge < -0.3 is 4.74 Å². The molecule has 0 N–H and O–H groups in total. The lowest BCUT2D eigenvalue weighted by Crippen LogP contribution is -1.98. The molecular weight excluding hydrogens is 337 g/mol. The van der Waals surface area contributed by atoms with Crippen LogP contribution in [0.3, 0.4) is 0 Å². The summed E-state index contributed by atoms with van der Waals surface area (Å²) >= 11 is 9.28. The van der Waals surface area contributed by atoms with Crippen LogP contribution in [0.5, 0.6) is 11.6 Å². The topological polar surface area (TPSA) is 70.2 Å². The van der Waals surface area contributed by atoms with Gasteiger partial charge in [-0.2, -0.15) is 5.10 Å². The summed E-state index contributed by atoms with van der Waals surface area (Å²) in [6, 6.07) is 5.02. The fourth-order valence-electron chi connectivity index (χ4n) is 1.61. The van der Waals surface area contributed by atoms with E-state index in [1.165, 1.54) is 4.68 Å². The van der Waals surface area contributed by atoms with Crippen LogP contribution in [0.4, 0.5) is 5.69 Å². The number of aryl methyl sites for hydroxylation is 2. The zero-order chi connectivity index (χ0) is 14.2. The lowest BCUT2D eigenvalue weighted by atomic mass is 10.3. The van der Waals surface area contributed by atoms with Gasteiger partial charge in [0.25, 0.3) is 5.88 Å². The monoisotopic (exact) mass is 345 g/mol. The third-order valence-electron chi connectivity index (χ3n) is 2.42. The standard InChI is InChI=1S/C11H9BrClN3O3/c1-6-10(16(17)18)11(15(2)14-6)19-9-5-7(12)3-4-8(9)13/h3-5H,1-2H3. The maximum atomic E-state index is 11.0. The Morgan fingerprint density at radius 2 is 2.21 bits per heavy atom. The molecule has 0 saturated heterocycles. The van der Waals surface area contributed by atoms with E-state index in [0.717, 1.165) is 4.47 Å². The van der Waals surface area contributed by atoms with Crippen molar-refractivity contribution in [2.24, 2.45) is 7.05 Å². The van der Waals surface area contributed by atoms with E-state index in [9.17, 15) is 10.1 Å². The molecule has 0 saturated carbocycles. The summed E-state index contributed by atoms with van der Waals surface area (Å²) in [6.45, 7) is 1.55. The van der Waals surface area contributed by atoms with E-state index >= 15 is 0 Å². The van der Waals surface area contributed by atoms with E-state index in [-0.39, 0.29) is 17.3 Å². The Morgan fingerprint density at radius 1 is 1.53 bits per heavy atom. The largest absolute Gasteiger partial charge is 0.432 e. The highest BCUT2D eigenvalue weighted by Crippen LogP contribution is 2.37. The van der Waals surface area contributed by atoms with Gasteiger partial charge >= 0.3 is 5.69 Å². The van der Waals surface area contributed by atoms with Crippen molar-refractivity contribution in [2.45, 2.75) is 6.92 Å². The fraction of sp³-hybridized carbons (Fsp3) is 0.182. The van der Waals surface area contributed by atoms with Crippen LogP contribution >= 0.6 is 27.5 Å². The second-order valence-corrected chi connectivity index (χ2v) is 5.12. The van der Waals surface area contributed by atoms with E-state index in [2.05, 4.69) is 21.0 Å². The maximum absolute atomic E-state index is 11.0. The zero-order valence-corrected chi connectivity index (χ0v) is 12.4. The molecule has 0 aliphatic rings. The number of nitro groups is 1. The Kier molecular flexibility index (Phi) is 3.77. The highest BCUT2D eigenvalue weighted by molar-refractivity contribution is 9.10. The average Bonchev–Trinajstić information content (AvgIpc) is 2.59. The van der Waals surface area contributed by atoms with Gasteiger partial charge in [-0.3, -0.25) is 10.1 Å². The molecule has 0 atom stereocenters. The van der Waals surface area contributed by atoms with Crippen molar-refractivity contribution < 1.29 is 9.66 Å². The minimum Gasteiger partial charge on any atom is -0.432 e. The second kappa shape index (κ2) is 5.18. The van der Waals surface area contributed by atoms with Crippen molar-refractivity contribution in [1.82, 2.24) is 9.78 Å². The van der Waals surface area contributed by atoms with E-state index in [0.29, 0.717) is 10.8 Å². The minimum absolute atomic E-state index is 0.0440. The second-order valence-electron chi connectivity index (χ2n) is 3.80. The molecule has 1 aromatic carbocycles. The molecule has 2 rings (SSSR count). The summed E-state index contributed by atoms with van der Waals surface area (Å²) in [7, 11) is 1.57. The summed E-state index contributed by atoms with van der Waals surface area (Å²) in [5.74, 6) is 0.365. The highest BCUT2D eigenvalue weighted by atomic mass is 79.9. The van der Waals surface area contributed by atoms with Crippen LogP contribution in [-0.4, -0.2) is 14.7 Å². The molecule has 1 aromatic heterocycles. The molecule has 1 heterocycles. The first kappa shape index (κ1) is 13.8. The number of hydrogen-bond donors (Lipinski definition) is 0. The fourth-order valence-corrected chi connectivity index (χ4v) is 2.11. The van der Waals surface area contributed by atoms with Crippen molar-refractivity contribution in [3.05, 3.63) is 43.5 Å². The summed E-state index contributed by atoms with van der Waals surface area (Å²) in [5, 5.41) is 15.4. The van der Waals surface area contributed by atoms with Gasteiger partial charge in [0, 0.05) is 11.5 Å². The normalized spacial score (nSPS) is 10.5. The van der Waals surface area contributed by atoms with Crippen molar-refractivity contribution in [3.8, 4) is 11.6 Å². The predicted molar refractivity (Wildman–Crippen MR) is 73.8 cm³/mol. The number of hydrogen-bond acceptors (Lipinski definition) is 4. The van der Waals surface area contributed by atoms with Gasteiger partial charge in [-0.25, -0.2) is 4.68 Å². The first-order valence-electron chi connectivity index (χ1n) is 5.21. The molecule has 2 aromatic rings. The SMILES string of the molecule is Cc1nn(C)c(Oc2cc(Br)ccc2Cl)c1[N+](=O)[O-]. The Morgan fingerprint density at radius 3 is 2.84 bits per heavy atom. The van der Waals surface area contributed by atoms with Gasteiger partial charge in [0.2, 0.25) is 0 Å². The van der Waals surface area contributed by atoms with Gasteiger partial charge in [0.1, 0.15) is 11.4 Å². The molecule has 0 radical (unpaired) electrons. The van der Waals surface area contributed by atoms with Crippen molar-refractivity contribution in [2.75, 3.05) is 0 Å². The maximum Gasteiger partial charge on any atom is 0.353 e. The van der Waals surface area contributed by atoms with Gasteiger partial charge in [-0.05, 0) is 25.1 Å². The number of aromatic nitrogens is 2. The third-order valence-corrected chi connectivity index (χ3v) is 3.23. The Balaban J connectivity index is 2.49. The molecule has 0 amide bonds. The lowest BCUT2D eigenvalue weighted by molar-refractivity contribution is -0.386. The minimum atomic E-state index is -0.524. The predicted octanol–water partition coefficient (Wildman–Crippen LogP) is 3.84. The Bertz CT molecular complexity index is 657. The van der Waals surface area contributed by atoms with Gasteiger partial charge in [-0.15, -0.1) is 0 Å². The Hall–Kier alpha value is -1.60. The van der Waals surface area contributed by atoms with Crippen LogP contribution in [0.2, 0.25) is 5.02 Å². The molecule has 0 unspecified atom stereocenters. The molecule has 8 heteroatoms. The summed E-state index contributed by atoms with van der Waals surface area (Å²) < 4.78 is 7.60. The summed E-state index contributed by atoms with van der Waals surface area (Å²) in [6.07, 6.45) is 0. The van der Waals surface area contributed by atoms with E-state index in [1.807, 2.05) is 0 Å². The van der Waals surface area contributed by atoms with E-state index in [4.69, 9.17) is 16.3 Å².